The van der Waals surface area contributed by atoms with Gasteiger partial charge in [0.05, 0.1) is 7.11 Å². The normalized spacial score (nSPS) is 11.7. The molecule has 0 saturated heterocycles. The van der Waals surface area contributed by atoms with Gasteiger partial charge < -0.3 is 26.1 Å². The molecule has 2 aromatic carbocycles. The lowest BCUT2D eigenvalue weighted by Gasteiger charge is -2.13. The van der Waals surface area contributed by atoms with E-state index in [1.54, 1.807) is 62.0 Å². The van der Waals surface area contributed by atoms with Crippen molar-refractivity contribution >= 4 is 28.4 Å². The first-order valence-electron chi connectivity index (χ1n) is 10.1. The van der Waals surface area contributed by atoms with Gasteiger partial charge in [-0.3, -0.25) is 14.6 Å². The van der Waals surface area contributed by atoms with Gasteiger partial charge >= 0.3 is 0 Å². The number of methoxy groups -OCH3 is 1. The van der Waals surface area contributed by atoms with Crippen LogP contribution >= 0.6 is 0 Å². The fourth-order valence-corrected chi connectivity index (χ4v) is 3.30. The molecule has 0 aliphatic carbocycles. The van der Waals surface area contributed by atoms with E-state index >= 15 is 0 Å². The van der Waals surface area contributed by atoms with E-state index in [0.717, 1.165) is 22.2 Å². The van der Waals surface area contributed by atoms with E-state index in [1.165, 1.54) is 0 Å². The summed E-state index contributed by atoms with van der Waals surface area (Å²) in [5, 5.41) is 6.54. The van der Waals surface area contributed by atoms with E-state index in [4.69, 9.17) is 10.5 Å². The molecule has 4 rings (SSSR count). The van der Waals surface area contributed by atoms with Crippen LogP contribution in [0.5, 0.6) is 5.75 Å². The maximum absolute atomic E-state index is 12.5. The number of hydrogen-bond acceptors (Lipinski definition) is 5. The highest BCUT2D eigenvalue weighted by atomic mass is 16.5. The van der Waals surface area contributed by atoms with E-state index in [-0.39, 0.29) is 18.4 Å². The van der Waals surface area contributed by atoms with E-state index in [0.29, 0.717) is 16.9 Å². The third-order valence-electron chi connectivity index (χ3n) is 5.09. The summed E-state index contributed by atoms with van der Waals surface area (Å²) in [6, 6.07) is 17.3. The number of carbonyl (C=O) groups is 2. The molecule has 1 atom stereocenters. The van der Waals surface area contributed by atoms with Crippen LogP contribution in [0.25, 0.3) is 10.9 Å². The molecular weight excluding hydrogens is 406 g/mol. The van der Waals surface area contributed by atoms with Crippen LogP contribution in [0.3, 0.4) is 0 Å². The lowest BCUT2D eigenvalue weighted by molar-refractivity contribution is 0.0946. The second kappa shape index (κ2) is 9.32. The lowest BCUT2D eigenvalue weighted by atomic mass is 10.0. The molecule has 32 heavy (non-hydrogen) atoms. The van der Waals surface area contributed by atoms with Gasteiger partial charge in [0.25, 0.3) is 11.8 Å². The Morgan fingerprint density at radius 2 is 1.78 bits per heavy atom. The van der Waals surface area contributed by atoms with Gasteiger partial charge in [0.1, 0.15) is 11.4 Å². The Morgan fingerprint density at radius 3 is 2.50 bits per heavy atom. The summed E-state index contributed by atoms with van der Waals surface area (Å²) in [7, 11) is 1.60. The molecule has 5 N–H and O–H groups in total. The van der Waals surface area contributed by atoms with Crippen molar-refractivity contribution in [2.75, 3.05) is 19.0 Å². The first kappa shape index (κ1) is 21.1. The van der Waals surface area contributed by atoms with E-state index in [1.807, 2.05) is 18.2 Å². The molecule has 0 bridgehead atoms. The van der Waals surface area contributed by atoms with Crippen molar-refractivity contribution in [2.24, 2.45) is 5.73 Å². The number of nitrogens with one attached hydrogen (secondary N) is 3. The monoisotopic (exact) mass is 429 g/mol. The topological polar surface area (TPSA) is 122 Å². The van der Waals surface area contributed by atoms with Crippen LogP contribution in [0.1, 0.15) is 32.5 Å². The minimum Gasteiger partial charge on any atom is -0.497 e. The predicted molar refractivity (Wildman–Crippen MR) is 123 cm³/mol. The highest BCUT2D eigenvalue weighted by Gasteiger charge is 2.13. The number of nitrogens with zero attached hydrogens (tertiary/aromatic N) is 1. The van der Waals surface area contributed by atoms with Gasteiger partial charge in [-0.05, 0) is 54.1 Å². The molecule has 0 radical (unpaired) electrons. The number of aromatic nitrogens is 2. The number of hydrogen-bond donors (Lipinski definition) is 4. The molecule has 1 unspecified atom stereocenters. The molecule has 0 spiro atoms. The standard InChI is InChI=1S/C24H23N5O3/c1-32-19-6-7-21-17(12-19)13-22(29-21)24(31)27-14-20(25)15-2-4-16(5-3-15)23(30)28-18-8-10-26-11-9-18/h2-13,20,29H,14,25H2,1H3,(H,27,31)(H,26,28,30). The van der Waals surface area contributed by atoms with Crippen LogP contribution < -0.4 is 21.1 Å². The second-order valence-corrected chi connectivity index (χ2v) is 7.26. The highest BCUT2D eigenvalue weighted by Crippen LogP contribution is 2.21. The van der Waals surface area contributed by atoms with Gasteiger partial charge in [-0.25, -0.2) is 0 Å². The summed E-state index contributed by atoms with van der Waals surface area (Å²) < 4.78 is 5.21. The molecule has 0 saturated carbocycles. The van der Waals surface area contributed by atoms with Gasteiger partial charge in [0.15, 0.2) is 0 Å². The van der Waals surface area contributed by atoms with Crippen molar-refractivity contribution in [1.29, 1.82) is 0 Å². The molecule has 0 aliphatic heterocycles. The number of benzene rings is 2. The number of ether oxygens (including phenoxy) is 1. The average Bonchev–Trinajstić information content (AvgIpc) is 3.26. The summed E-state index contributed by atoms with van der Waals surface area (Å²) in [6.07, 6.45) is 3.22. The summed E-state index contributed by atoms with van der Waals surface area (Å²) in [5.74, 6) is 0.257. The van der Waals surface area contributed by atoms with E-state index < -0.39 is 6.04 Å². The van der Waals surface area contributed by atoms with Gasteiger partial charge in [0.2, 0.25) is 0 Å². The molecule has 0 fully saturated rings. The van der Waals surface area contributed by atoms with Crippen LogP contribution in [0.2, 0.25) is 0 Å². The minimum absolute atomic E-state index is 0.222. The van der Waals surface area contributed by atoms with Gasteiger partial charge in [0, 0.05) is 47.1 Å². The quantitative estimate of drug-likeness (QED) is 0.359. The van der Waals surface area contributed by atoms with Crippen molar-refractivity contribution in [2.45, 2.75) is 6.04 Å². The number of fused-ring (bicyclic) bond motifs is 1. The Morgan fingerprint density at radius 1 is 1.03 bits per heavy atom. The zero-order valence-corrected chi connectivity index (χ0v) is 17.5. The minimum atomic E-state index is -0.416. The Balaban J connectivity index is 1.35. The summed E-state index contributed by atoms with van der Waals surface area (Å²) in [6.45, 7) is 0.250. The molecule has 162 valence electrons. The molecule has 8 nitrogen and oxygen atoms in total. The summed E-state index contributed by atoms with van der Waals surface area (Å²) in [5.41, 5.74) is 9.52. The van der Waals surface area contributed by atoms with Gasteiger partial charge in [-0.1, -0.05) is 12.1 Å². The predicted octanol–water partition coefficient (Wildman–Crippen LogP) is 3.25. The van der Waals surface area contributed by atoms with Crippen molar-refractivity contribution in [3.8, 4) is 5.75 Å². The molecule has 4 aromatic rings. The maximum Gasteiger partial charge on any atom is 0.267 e. The number of aromatic amines is 1. The summed E-state index contributed by atoms with van der Waals surface area (Å²) >= 11 is 0. The molecule has 8 heteroatoms. The Labute approximate surface area is 184 Å². The largest absolute Gasteiger partial charge is 0.497 e. The third kappa shape index (κ3) is 4.76. The second-order valence-electron chi connectivity index (χ2n) is 7.26. The number of anilines is 1. The highest BCUT2D eigenvalue weighted by molar-refractivity contribution is 6.04. The maximum atomic E-state index is 12.5. The number of H-pyrrole nitrogens is 1. The Bertz CT molecular complexity index is 1240. The molecule has 2 heterocycles. The van der Waals surface area contributed by atoms with Gasteiger partial charge in [-0.15, -0.1) is 0 Å². The number of nitrogens with two attached hydrogens (primary N) is 1. The van der Waals surface area contributed by atoms with Crippen LogP contribution in [0, 0.1) is 0 Å². The number of rotatable bonds is 7. The zero-order chi connectivity index (χ0) is 22.5. The smallest absolute Gasteiger partial charge is 0.267 e. The van der Waals surface area contributed by atoms with Crippen molar-refractivity contribution in [3.05, 3.63) is 89.9 Å². The SMILES string of the molecule is COc1ccc2[nH]c(C(=O)NCC(N)c3ccc(C(=O)Nc4ccncc4)cc3)cc2c1. The van der Waals surface area contributed by atoms with Crippen LogP contribution in [0.4, 0.5) is 5.69 Å². The Hall–Kier alpha value is -4.17. The van der Waals surface area contributed by atoms with E-state index in [9.17, 15) is 9.59 Å². The average molecular weight is 429 g/mol. The van der Waals surface area contributed by atoms with Crippen LogP contribution in [-0.2, 0) is 0 Å². The Kier molecular flexibility index (Phi) is 6.14. The lowest BCUT2D eigenvalue weighted by Crippen LogP contribution is -2.32. The van der Waals surface area contributed by atoms with Crippen molar-refractivity contribution < 1.29 is 14.3 Å². The third-order valence-corrected chi connectivity index (χ3v) is 5.09. The summed E-state index contributed by atoms with van der Waals surface area (Å²) in [4.78, 5) is 31.9. The number of carbonyl (C=O) groups excluding carboxylic acids is 2. The van der Waals surface area contributed by atoms with Crippen molar-refractivity contribution in [1.82, 2.24) is 15.3 Å². The fraction of sp³-hybridized carbons (Fsp3) is 0.125. The fourth-order valence-electron chi connectivity index (χ4n) is 3.30. The van der Waals surface area contributed by atoms with E-state index in [2.05, 4.69) is 20.6 Å². The first-order chi connectivity index (χ1) is 15.5. The molecular formula is C24H23N5O3. The molecule has 2 aromatic heterocycles. The zero-order valence-electron chi connectivity index (χ0n) is 17.5. The van der Waals surface area contributed by atoms with Crippen LogP contribution in [-0.4, -0.2) is 35.4 Å². The van der Waals surface area contributed by atoms with Crippen LogP contribution in [0.15, 0.2) is 73.1 Å². The number of amides is 2. The first-order valence-corrected chi connectivity index (χ1v) is 10.1. The molecule has 2 amide bonds. The van der Waals surface area contributed by atoms with Gasteiger partial charge in [-0.2, -0.15) is 0 Å². The van der Waals surface area contributed by atoms with Crippen molar-refractivity contribution in [3.63, 3.8) is 0 Å². The molecule has 0 aliphatic rings. The number of pyridine rings is 1.